The van der Waals surface area contributed by atoms with Gasteiger partial charge in [-0.05, 0) is 49.9 Å². The Hall–Kier alpha value is -1.96. The summed E-state index contributed by atoms with van der Waals surface area (Å²) in [7, 11) is 2.16. The predicted molar refractivity (Wildman–Crippen MR) is 88.4 cm³/mol. The summed E-state index contributed by atoms with van der Waals surface area (Å²) in [5, 5.41) is 0. The Morgan fingerprint density at radius 1 is 1.05 bits per heavy atom. The molecule has 20 heavy (non-hydrogen) atoms. The van der Waals surface area contributed by atoms with Crippen LogP contribution in [0.15, 0.2) is 42.5 Å². The van der Waals surface area contributed by atoms with Gasteiger partial charge in [-0.2, -0.15) is 0 Å². The van der Waals surface area contributed by atoms with Gasteiger partial charge in [-0.3, -0.25) is 0 Å². The molecule has 106 valence electrons. The Kier molecular flexibility index (Phi) is 4.67. The summed E-state index contributed by atoms with van der Waals surface area (Å²) in [6.07, 6.45) is 2.14. The van der Waals surface area contributed by atoms with Crippen molar-refractivity contribution >= 4 is 11.4 Å². The number of hydrogen-bond donors (Lipinski definition) is 1. The maximum absolute atomic E-state index is 5.98. The van der Waals surface area contributed by atoms with E-state index in [9.17, 15) is 0 Å². The van der Waals surface area contributed by atoms with Crippen molar-refractivity contribution in [2.24, 2.45) is 0 Å². The number of nitrogens with two attached hydrogens (primary N) is 1. The fraction of sp³-hybridized carbons (Fsp3) is 0.333. The molecule has 0 heterocycles. The quantitative estimate of drug-likeness (QED) is 0.832. The molecule has 0 aliphatic heterocycles. The summed E-state index contributed by atoms with van der Waals surface area (Å²) in [4.78, 5) is 2.33. The number of nitrogen functional groups attached to an aromatic ring is 1. The second-order valence-electron chi connectivity index (χ2n) is 5.51. The minimum absolute atomic E-state index is 0.904. The number of benzene rings is 2. The van der Waals surface area contributed by atoms with Crippen LogP contribution in [0.1, 0.15) is 23.1 Å². The van der Waals surface area contributed by atoms with E-state index in [1.54, 1.807) is 0 Å². The van der Waals surface area contributed by atoms with Gasteiger partial charge in [0.1, 0.15) is 0 Å². The second-order valence-corrected chi connectivity index (χ2v) is 5.51. The molecule has 0 radical (unpaired) electrons. The van der Waals surface area contributed by atoms with Crippen LogP contribution in [-0.2, 0) is 6.42 Å². The Morgan fingerprint density at radius 3 is 2.50 bits per heavy atom. The van der Waals surface area contributed by atoms with E-state index in [1.165, 1.54) is 22.4 Å². The van der Waals surface area contributed by atoms with E-state index < -0.39 is 0 Å². The lowest BCUT2D eigenvalue weighted by atomic mass is 10.1. The fourth-order valence-electron chi connectivity index (χ4n) is 2.62. The van der Waals surface area contributed by atoms with Gasteiger partial charge >= 0.3 is 0 Å². The Bertz CT molecular complexity index is 575. The molecule has 0 saturated heterocycles. The summed E-state index contributed by atoms with van der Waals surface area (Å²) >= 11 is 0. The molecule has 2 N–H and O–H groups in total. The molecular formula is C18H24N2. The Morgan fingerprint density at radius 2 is 1.80 bits per heavy atom. The van der Waals surface area contributed by atoms with Gasteiger partial charge in [-0.25, -0.2) is 0 Å². The molecule has 0 amide bonds. The third kappa shape index (κ3) is 3.53. The van der Waals surface area contributed by atoms with Crippen molar-refractivity contribution in [3.8, 4) is 0 Å². The molecule has 0 bridgehead atoms. The van der Waals surface area contributed by atoms with Crippen molar-refractivity contribution in [1.29, 1.82) is 0 Å². The van der Waals surface area contributed by atoms with Crippen molar-refractivity contribution in [3.63, 3.8) is 0 Å². The van der Waals surface area contributed by atoms with Gasteiger partial charge in [0.25, 0.3) is 0 Å². The first-order valence-corrected chi connectivity index (χ1v) is 7.19. The van der Waals surface area contributed by atoms with E-state index in [-0.39, 0.29) is 0 Å². The first-order valence-electron chi connectivity index (χ1n) is 7.19. The van der Waals surface area contributed by atoms with E-state index in [0.29, 0.717) is 0 Å². The molecule has 0 aliphatic carbocycles. The lowest BCUT2D eigenvalue weighted by Gasteiger charge is -2.22. The molecule has 2 rings (SSSR count). The van der Waals surface area contributed by atoms with Crippen LogP contribution in [0.5, 0.6) is 0 Å². The summed E-state index contributed by atoms with van der Waals surface area (Å²) in [5.74, 6) is 0. The van der Waals surface area contributed by atoms with Crippen LogP contribution >= 0.6 is 0 Å². The number of nitrogens with zero attached hydrogens (tertiary/aromatic N) is 1. The molecule has 0 unspecified atom stereocenters. The van der Waals surface area contributed by atoms with Crippen LogP contribution in [0.25, 0.3) is 0 Å². The van der Waals surface area contributed by atoms with E-state index in [4.69, 9.17) is 5.73 Å². The Labute approximate surface area is 122 Å². The summed E-state index contributed by atoms with van der Waals surface area (Å²) in [5.41, 5.74) is 12.1. The molecule has 0 aliphatic rings. The number of rotatable bonds is 5. The molecule has 0 saturated carbocycles. The zero-order valence-corrected chi connectivity index (χ0v) is 12.7. The Balaban J connectivity index is 1.92. The van der Waals surface area contributed by atoms with Crippen LogP contribution in [0, 0.1) is 13.8 Å². The van der Waals surface area contributed by atoms with Crippen molar-refractivity contribution in [3.05, 3.63) is 59.2 Å². The highest BCUT2D eigenvalue weighted by Crippen LogP contribution is 2.20. The third-order valence-electron chi connectivity index (χ3n) is 3.76. The van der Waals surface area contributed by atoms with Crippen molar-refractivity contribution in [2.45, 2.75) is 26.7 Å². The lowest BCUT2D eigenvalue weighted by Crippen LogP contribution is -2.20. The van der Waals surface area contributed by atoms with Crippen LogP contribution in [0.3, 0.4) is 0 Å². The highest BCUT2D eigenvalue weighted by atomic mass is 15.1. The molecular weight excluding hydrogens is 244 g/mol. The average molecular weight is 268 g/mol. The van der Waals surface area contributed by atoms with Crippen LogP contribution in [0.2, 0.25) is 0 Å². The summed E-state index contributed by atoms with van der Waals surface area (Å²) in [6, 6.07) is 14.8. The number of para-hydroxylation sites is 1. The van der Waals surface area contributed by atoms with Gasteiger partial charge in [-0.1, -0.05) is 35.9 Å². The molecule has 0 atom stereocenters. The van der Waals surface area contributed by atoms with Crippen molar-refractivity contribution < 1.29 is 0 Å². The second kappa shape index (κ2) is 6.47. The number of aryl methyl sites for hydroxylation is 3. The first kappa shape index (κ1) is 14.4. The van der Waals surface area contributed by atoms with Gasteiger partial charge in [0, 0.05) is 25.0 Å². The van der Waals surface area contributed by atoms with Crippen molar-refractivity contribution in [2.75, 3.05) is 24.2 Å². The maximum Gasteiger partial charge on any atom is 0.0393 e. The highest BCUT2D eigenvalue weighted by Gasteiger charge is 2.05. The van der Waals surface area contributed by atoms with Crippen LogP contribution < -0.4 is 10.6 Å². The molecule has 2 aromatic carbocycles. The van der Waals surface area contributed by atoms with Gasteiger partial charge in [0.05, 0.1) is 0 Å². The van der Waals surface area contributed by atoms with Gasteiger partial charge in [-0.15, -0.1) is 0 Å². The molecule has 2 aromatic rings. The lowest BCUT2D eigenvalue weighted by molar-refractivity contribution is 0.785. The molecule has 0 fully saturated rings. The molecule has 2 heteroatoms. The van der Waals surface area contributed by atoms with Gasteiger partial charge < -0.3 is 10.6 Å². The smallest absolute Gasteiger partial charge is 0.0393 e. The van der Waals surface area contributed by atoms with E-state index in [0.717, 1.165) is 25.1 Å². The third-order valence-corrected chi connectivity index (χ3v) is 3.76. The maximum atomic E-state index is 5.98. The average Bonchev–Trinajstić information content (AvgIpc) is 2.40. The SMILES string of the molecule is Cc1ccc(N(C)CCCc2ccccc2N)c(C)c1. The molecule has 0 spiro atoms. The fourth-order valence-corrected chi connectivity index (χ4v) is 2.62. The monoisotopic (exact) mass is 268 g/mol. The topological polar surface area (TPSA) is 29.3 Å². The van der Waals surface area contributed by atoms with E-state index in [1.807, 2.05) is 12.1 Å². The number of hydrogen-bond acceptors (Lipinski definition) is 2. The summed E-state index contributed by atoms with van der Waals surface area (Å²) in [6.45, 7) is 5.35. The zero-order chi connectivity index (χ0) is 14.5. The molecule has 2 nitrogen and oxygen atoms in total. The normalized spacial score (nSPS) is 10.6. The summed E-state index contributed by atoms with van der Waals surface area (Å²) < 4.78 is 0. The van der Waals surface area contributed by atoms with Crippen LogP contribution in [0.4, 0.5) is 11.4 Å². The minimum atomic E-state index is 0.904. The predicted octanol–water partition coefficient (Wildman–Crippen LogP) is 3.95. The molecule has 0 aromatic heterocycles. The van der Waals surface area contributed by atoms with Crippen LogP contribution in [-0.4, -0.2) is 13.6 Å². The standard InChI is InChI=1S/C18H24N2/c1-14-10-11-18(15(2)13-14)20(3)12-6-8-16-7-4-5-9-17(16)19/h4-5,7,9-11,13H,6,8,12,19H2,1-3H3. The number of anilines is 2. The van der Waals surface area contributed by atoms with Gasteiger partial charge in [0.15, 0.2) is 0 Å². The largest absolute Gasteiger partial charge is 0.399 e. The highest BCUT2D eigenvalue weighted by molar-refractivity contribution is 5.53. The van der Waals surface area contributed by atoms with E-state index >= 15 is 0 Å². The van der Waals surface area contributed by atoms with E-state index in [2.05, 4.69) is 56.1 Å². The van der Waals surface area contributed by atoms with Crippen molar-refractivity contribution in [1.82, 2.24) is 0 Å². The van der Waals surface area contributed by atoms with Gasteiger partial charge in [0.2, 0.25) is 0 Å². The first-order chi connectivity index (χ1) is 9.58. The minimum Gasteiger partial charge on any atom is -0.399 e. The zero-order valence-electron chi connectivity index (χ0n) is 12.7.